The molecule has 1 aliphatic heterocycles. The van der Waals surface area contributed by atoms with Gasteiger partial charge in [0.1, 0.15) is 6.04 Å². The molecule has 0 fully saturated rings. The summed E-state index contributed by atoms with van der Waals surface area (Å²) in [5.41, 5.74) is 3.39. The number of anilines is 1. The van der Waals surface area contributed by atoms with E-state index >= 15 is 0 Å². The number of hydrogen-bond donors (Lipinski definition) is 3. The highest BCUT2D eigenvalue weighted by Crippen LogP contribution is 2.36. The van der Waals surface area contributed by atoms with Crippen LogP contribution in [0, 0.1) is 0 Å². The van der Waals surface area contributed by atoms with Gasteiger partial charge < -0.3 is 20.5 Å². The SMILES string of the molecule is CC(C)N1C(=O)[C@H](NC(=O)C(=O)NCCc2c[nH]c3ccc(Cl)cc23)c2ccccc21. The fraction of sp³-hybridized carbons (Fsp3) is 0.261. The number of hydrogen-bond acceptors (Lipinski definition) is 3. The quantitative estimate of drug-likeness (QED) is 0.534. The van der Waals surface area contributed by atoms with Crippen molar-refractivity contribution in [2.24, 2.45) is 0 Å². The molecule has 0 radical (unpaired) electrons. The minimum Gasteiger partial charge on any atom is -0.361 e. The summed E-state index contributed by atoms with van der Waals surface area (Å²) in [6, 6.07) is 11.9. The predicted octanol–water partition coefficient (Wildman–Crippen LogP) is 3.09. The fourth-order valence-corrected chi connectivity index (χ4v) is 4.13. The van der Waals surface area contributed by atoms with Crippen LogP contribution in [0.1, 0.15) is 31.0 Å². The maximum absolute atomic E-state index is 12.8. The van der Waals surface area contributed by atoms with Gasteiger partial charge in [-0.05, 0) is 50.1 Å². The van der Waals surface area contributed by atoms with Gasteiger partial charge >= 0.3 is 11.8 Å². The summed E-state index contributed by atoms with van der Waals surface area (Å²) in [6.45, 7) is 4.09. The molecule has 31 heavy (non-hydrogen) atoms. The number of para-hydroxylation sites is 1. The van der Waals surface area contributed by atoms with E-state index in [-0.39, 0.29) is 18.5 Å². The highest BCUT2D eigenvalue weighted by atomic mass is 35.5. The first kappa shape index (κ1) is 20.9. The van der Waals surface area contributed by atoms with E-state index in [0.29, 0.717) is 17.0 Å². The van der Waals surface area contributed by atoms with Gasteiger partial charge in [0.15, 0.2) is 0 Å². The third-order valence-electron chi connectivity index (χ3n) is 5.40. The topological polar surface area (TPSA) is 94.3 Å². The lowest BCUT2D eigenvalue weighted by Crippen LogP contribution is -2.45. The number of nitrogens with one attached hydrogen (secondary N) is 3. The largest absolute Gasteiger partial charge is 0.361 e. The molecular formula is C23H23ClN4O3. The Kier molecular flexibility index (Phi) is 5.69. The highest BCUT2D eigenvalue weighted by molar-refractivity contribution is 6.35. The third kappa shape index (κ3) is 4.01. The zero-order valence-corrected chi connectivity index (χ0v) is 18.0. The monoisotopic (exact) mass is 438 g/mol. The van der Waals surface area contributed by atoms with E-state index < -0.39 is 17.9 Å². The number of nitrogens with zero attached hydrogens (tertiary/aromatic N) is 1. The van der Waals surface area contributed by atoms with Gasteiger partial charge in [-0.25, -0.2) is 0 Å². The number of aromatic nitrogens is 1. The molecule has 0 saturated carbocycles. The summed E-state index contributed by atoms with van der Waals surface area (Å²) in [4.78, 5) is 42.4. The van der Waals surface area contributed by atoms with E-state index in [0.717, 1.165) is 22.2 Å². The van der Waals surface area contributed by atoms with Crippen LogP contribution in [-0.4, -0.2) is 35.3 Å². The van der Waals surface area contributed by atoms with Gasteiger partial charge in [0, 0.05) is 46.0 Å². The molecule has 0 saturated heterocycles. The molecule has 4 rings (SSSR count). The Morgan fingerprint density at radius 1 is 1.16 bits per heavy atom. The van der Waals surface area contributed by atoms with E-state index in [1.807, 2.05) is 50.4 Å². The number of carbonyl (C=O) groups excluding carboxylic acids is 3. The number of rotatable bonds is 5. The number of benzene rings is 2. The second-order valence-corrected chi connectivity index (χ2v) is 8.21. The summed E-state index contributed by atoms with van der Waals surface area (Å²) in [7, 11) is 0. The minimum absolute atomic E-state index is 0.0611. The normalized spacial score (nSPS) is 15.4. The molecule has 1 aromatic heterocycles. The van der Waals surface area contributed by atoms with Crippen molar-refractivity contribution in [2.75, 3.05) is 11.4 Å². The van der Waals surface area contributed by atoms with Gasteiger partial charge in [0.25, 0.3) is 5.91 Å². The number of amides is 3. The summed E-state index contributed by atoms with van der Waals surface area (Å²) in [5, 5.41) is 6.82. The fourth-order valence-electron chi connectivity index (χ4n) is 3.96. The summed E-state index contributed by atoms with van der Waals surface area (Å²) in [5.74, 6) is -1.85. The van der Waals surface area contributed by atoms with Crippen LogP contribution in [0.2, 0.25) is 5.02 Å². The molecule has 1 atom stereocenters. The van der Waals surface area contributed by atoms with Gasteiger partial charge in [0.05, 0.1) is 0 Å². The molecule has 0 bridgehead atoms. The number of aromatic amines is 1. The van der Waals surface area contributed by atoms with Crippen LogP contribution in [0.5, 0.6) is 0 Å². The number of halogens is 1. The van der Waals surface area contributed by atoms with Crippen LogP contribution < -0.4 is 15.5 Å². The van der Waals surface area contributed by atoms with E-state index in [4.69, 9.17) is 11.6 Å². The van der Waals surface area contributed by atoms with Crippen molar-refractivity contribution in [3.05, 3.63) is 64.8 Å². The maximum atomic E-state index is 12.8. The van der Waals surface area contributed by atoms with Crippen molar-refractivity contribution in [2.45, 2.75) is 32.4 Å². The van der Waals surface area contributed by atoms with E-state index in [1.54, 1.807) is 17.0 Å². The molecule has 3 amide bonds. The van der Waals surface area contributed by atoms with Crippen LogP contribution in [0.3, 0.4) is 0 Å². The van der Waals surface area contributed by atoms with Gasteiger partial charge in [-0.1, -0.05) is 29.8 Å². The second kappa shape index (κ2) is 8.43. The Labute approximate surface area is 184 Å². The third-order valence-corrected chi connectivity index (χ3v) is 5.63. The van der Waals surface area contributed by atoms with E-state index in [1.165, 1.54) is 0 Å². The first-order chi connectivity index (χ1) is 14.9. The molecule has 0 unspecified atom stereocenters. The minimum atomic E-state index is -0.868. The zero-order chi connectivity index (χ0) is 22.1. The van der Waals surface area contributed by atoms with Gasteiger partial charge in [-0.2, -0.15) is 0 Å². The molecule has 7 nitrogen and oxygen atoms in total. The first-order valence-corrected chi connectivity index (χ1v) is 10.5. The Morgan fingerprint density at radius 3 is 2.71 bits per heavy atom. The van der Waals surface area contributed by atoms with Gasteiger partial charge in [-0.15, -0.1) is 0 Å². The molecule has 2 heterocycles. The number of fused-ring (bicyclic) bond motifs is 2. The molecule has 0 spiro atoms. The average Bonchev–Trinajstić information content (AvgIpc) is 3.26. The van der Waals surface area contributed by atoms with E-state index in [2.05, 4.69) is 15.6 Å². The summed E-state index contributed by atoms with van der Waals surface area (Å²) < 4.78 is 0. The molecule has 0 aliphatic carbocycles. The zero-order valence-electron chi connectivity index (χ0n) is 17.2. The Hall–Kier alpha value is -3.32. The molecule has 3 aromatic rings. The first-order valence-electron chi connectivity index (χ1n) is 10.1. The van der Waals surface area contributed by atoms with Gasteiger partial charge in [-0.3, -0.25) is 14.4 Å². The van der Waals surface area contributed by atoms with Crippen molar-refractivity contribution >= 4 is 45.9 Å². The van der Waals surface area contributed by atoms with E-state index in [9.17, 15) is 14.4 Å². The van der Waals surface area contributed by atoms with Crippen molar-refractivity contribution in [3.8, 4) is 0 Å². The molecule has 1 aliphatic rings. The Morgan fingerprint density at radius 2 is 1.94 bits per heavy atom. The lowest BCUT2D eigenvalue weighted by atomic mass is 10.1. The van der Waals surface area contributed by atoms with Crippen molar-refractivity contribution in [1.82, 2.24) is 15.6 Å². The standard InChI is InChI=1S/C23H23ClN4O3/c1-13(2)28-19-6-4-3-5-16(19)20(23(28)31)27-22(30)21(29)25-10-9-14-12-26-18-8-7-15(24)11-17(14)18/h3-8,11-13,20,26H,9-10H2,1-2H3,(H,25,29)(H,27,30)/t20-/m1/s1. The molecule has 2 aromatic carbocycles. The molecular weight excluding hydrogens is 416 g/mol. The van der Waals surface area contributed by atoms with Crippen LogP contribution in [-0.2, 0) is 20.8 Å². The van der Waals surface area contributed by atoms with Crippen LogP contribution in [0.25, 0.3) is 10.9 Å². The molecule has 3 N–H and O–H groups in total. The Bertz CT molecular complexity index is 1170. The van der Waals surface area contributed by atoms with Crippen molar-refractivity contribution in [1.29, 1.82) is 0 Å². The lowest BCUT2D eigenvalue weighted by Gasteiger charge is -2.22. The molecule has 8 heteroatoms. The van der Waals surface area contributed by atoms with Gasteiger partial charge in [0.2, 0.25) is 0 Å². The summed E-state index contributed by atoms with van der Waals surface area (Å²) >= 11 is 6.06. The van der Waals surface area contributed by atoms with Crippen LogP contribution in [0.15, 0.2) is 48.7 Å². The second-order valence-electron chi connectivity index (χ2n) is 7.78. The number of H-pyrrole nitrogens is 1. The van der Waals surface area contributed by atoms with Crippen LogP contribution in [0.4, 0.5) is 5.69 Å². The Balaban J connectivity index is 1.38. The van der Waals surface area contributed by atoms with Crippen molar-refractivity contribution < 1.29 is 14.4 Å². The lowest BCUT2D eigenvalue weighted by molar-refractivity contribution is -0.140. The van der Waals surface area contributed by atoms with Crippen molar-refractivity contribution in [3.63, 3.8) is 0 Å². The number of carbonyl (C=O) groups is 3. The smallest absolute Gasteiger partial charge is 0.310 e. The highest BCUT2D eigenvalue weighted by Gasteiger charge is 2.39. The summed E-state index contributed by atoms with van der Waals surface area (Å²) in [6.07, 6.45) is 2.40. The molecule has 160 valence electrons. The average molecular weight is 439 g/mol. The van der Waals surface area contributed by atoms with Crippen LogP contribution >= 0.6 is 11.6 Å². The maximum Gasteiger partial charge on any atom is 0.310 e. The predicted molar refractivity (Wildman–Crippen MR) is 120 cm³/mol.